The molecule has 2 aromatic rings. The van der Waals surface area contributed by atoms with Crippen molar-refractivity contribution in [2.75, 3.05) is 5.73 Å². The minimum absolute atomic E-state index is 0.211. The van der Waals surface area contributed by atoms with E-state index in [9.17, 15) is 10.2 Å². The number of aromatic hydroxyl groups is 2. The second-order valence-corrected chi connectivity index (χ2v) is 2.79. The van der Waals surface area contributed by atoms with Crippen molar-refractivity contribution in [2.24, 2.45) is 0 Å². The van der Waals surface area contributed by atoms with Crippen molar-refractivity contribution in [2.45, 2.75) is 0 Å². The Hall–Kier alpha value is -2.17. The number of hydrogen-bond donors (Lipinski definition) is 3. The van der Waals surface area contributed by atoms with Crippen LogP contribution >= 0.6 is 0 Å². The van der Waals surface area contributed by atoms with E-state index < -0.39 is 0 Å². The van der Waals surface area contributed by atoms with Crippen molar-refractivity contribution in [1.82, 2.24) is 5.16 Å². The minimum Gasteiger partial charge on any atom is -0.504 e. The van der Waals surface area contributed by atoms with Crippen LogP contribution in [0.3, 0.4) is 0 Å². The topological polar surface area (TPSA) is 92.5 Å². The van der Waals surface area contributed by atoms with Gasteiger partial charge in [0, 0.05) is 6.07 Å². The van der Waals surface area contributed by atoms with Gasteiger partial charge in [-0.05, 0) is 12.1 Å². The molecule has 0 fully saturated rings. The van der Waals surface area contributed by atoms with Gasteiger partial charge in [0.1, 0.15) is 0 Å². The third kappa shape index (κ3) is 1.24. The SMILES string of the molecule is Nc1cc(-c2cccc(O)c2O)on1. The van der Waals surface area contributed by atoms with Crippen LogP contribution in [0.15, 0.2) is 28.8 Å². The van der Waals surface area contributed by atoms with Crippen LogP contribution in [-0.2, 0) is 0 Å². The number of nitrogens with two attached hydrogens (primary N) is 1. The molecule has 14 heavy (non-hydrogen) atoms. The highest BCUT2D eigenvalue weighted by atomic mass is 16.5. The van der Waals surface area contributed by atoms with E-state index in [1.165, 1.54) is 12.1 Å². The number of para-hydroxylation sites is 1. The van der Waals surface area contributed by atoms with Crippen molar-refractivity contribution in [3.8, 4) is 22.8 Å². The molecule has 72 valence electrons. The zero-order chi connectivity index (χ0) is 10.1. The summed E-state index contributed by atoms with van der Waals surface area (Å²) in [6.07, 6.45) is 0. The maximum atomic E-state index is 9.48. The Morgan fingerprint density at radius 2 is 2.07 bits per heavy atom. The molecule has 1 aromatic carbocycles. The third-order valence-corrected chi connectivity index (χ3v) is 1.81. The average molecular weight is 192 g/mol. The monoisotopic (exact) mass is 192 g/mol. The van der Waals surface area contributed by atoms with Crippen molar-refractivity contribution in [3.63, 3.8) is 0 Å². The minimum atomic E-state index is -0.247. The summed E-state index contributed by atoms with van der Waals surface area (Å²) in [6.45, 7) is 0. The summed E-state index contributed by atoms with van der Waals surface area (Å²) in [6, 6.07) is 6.02. The molecule has 4 N–H and O–H groups in total. The first-order valence-electron chi connectivity index (χ1n) is 3.92. The first kappa shape index (κ1) is 8.43. The molecule has 5 nitrogen and oxygen atoms in total. The van der Waals surface area contributed by atoms with Crippen LogP contribution in [0, 0.1) is 0 Å². The van der Waals surface area contributed by atoms with Gasteiger partial charge in [-0.2, -0.15) is 0 Å². The summed E-state index contributed by atoms with van der Waals surface area (Å²) >= 11 is 0. The number of phenolic OH excluding ortho intramolecular Hbond substituents is 2. The number of phenols is 2. The molecule has 0 aliphatic carbocycles. The van der Waals surface area contributed by atoms with E-state index in [-0.39, 0.29) is 17.3 Å². The fraction of sp³-hybridized carbons (Fsp3) is 0. The van der Waals surface area contributed by atoms with Gasteiger partial charge < -0.3 is 20.5 Å². The average Bonchev–Trinajstić information content (AvgIpc) is 2.57. The lowest BCUT2D eigenvalue weighted by atomic mass is 10.1. The lowest BCUT2D eigenvalue weighted by Crippen LogP contribution is -1.80. The molecular weight excluding hydrogens is 184 g/mol. The number of hydrogen-bond acceptors (Lipinski definition) is 5. The van der Waals surface area contributed by atoms with Crippen molar-refractivity contribution >= 4 is 5.82 Å². The highest BCUT2D eigenvalue weighted by Gasteiger charge is 2.12. The van der Waals surface area contributed by atoms with Crippen LogP contribution in [0.2, 0.25) is 0 Å². The molecule has 2 rings (SSSR count). The van der Waals surface area contributed by atoms with Crippen LogP contribution in [-0.4, -0.2) is 15.4 Å². The Kier molecular flexibility index (Phi) is 1.78. The van der Waals surface area contributed by atoms with E-state index in [2.05, 4.69) is 5.16 Å². The number of aromatic nitrogens is 1. The zero-order valence-corrected chi connectivity index (χ0v) is 7.14. The van der Waals surface area contributed by atoms with Crippen molar-refractivity contribution in [3.05, 3.63) is 24.3 Å². The van der Waals surface area contributed by atoms with Gasteiger partial charge in [-0.25, -0.2) is 0 Å². The first-order chi connectivity index (χ1) is 6.68. The highest BCUT2D eigenvalue weighted by Crippen LogP contribution is 2.36. The Morgan fingerprint density at radius 3 is 2.71 bits per heavy atom. The predicted molar refractivity (Wildman–Crippen MR) is 49.7 cm³/mol. The second kappa shape index (κ2) is 2.95. The van der Waals surface area contributed by atoms with Gasteiger partial charge in [-0.1, -0.05) is 11.2 Å². The Balaban J connectivity index is 2.57. The van der Waals surface area contributed by atoms with Crippen LogP contribution in [0.5, 0.6) is 11.5 Å². The van der Waals surface area contributed by atoms with Crippen molar-refractivity contribution in [1.29, 1.82) is 0 Å². The Labute approximate surface area is 79.4 Å². The summed E-state index contributed by atoms with van der Waals surface area (Å²) in [5.41, 5.74) is 5.71. The molecule has 5 heteroatoms. The van der Waals surface area contributed by atoms with E-state index in [0.29, 0.717) is 11.3 Å². The maximum Gasteiger partial charge on any atom is 0.172 e. The molecule has 0 atom stereocenters. The zero-order valence-electron chi connectivity index (χ0n) is 7.14. The molecule has 0 spiro atoms. The third-order valence-electron chi connectivity index (χ3n) is 1.81. The van der Waals surface area contributed by atoms with E-state index in [0.717, 1.165) is 0 Å². The summed E-state index contributed by atoms with van der Waals surface area (Å²) in [4.78, 5) is 0. The molecular formula is C9H8N2O3. The lowest BCUT2D eigenvalue weighted by molar-refractivity contribution is 0.398. The predicted octanol–water partition coefficient (Wildman–Crippen LogP) is 1.33. The van der Waals surface area contributed by atoms with Gasteiger partial charge in [-0.3, -0.25) is 0 Å². The lowest BCUT2D eigenvalue weighted by Gasteiger charge is -2.01. The van der Waals surface area contributed by atoms with Gasteiger partial charge >= 0.3 is 0 Å². The molecule has 1 aromatic heterocycles. The van der Waals surface area contributed by atoms with Gasteiger partial charge in [0.2, 0.25) is 0 Å². The van der Waals surface area contributed by atoms with E-state index >= 15 is 0 Å². The quantitative estimate of drug-likeness (QED) is 0.593. The fourth-order valence-electron chi connectivity index (χ4n) is 1.15. The second-order valence-electron chi connectivity index (χ2n) is 2.79. The molecule has 0 saturated heterocycles. The smallest absolute Gasteiger partial charge is 0.172 e. The summed E-state index contributed by atoms with van der Waals surface area (Å²) in [5.74, 6) is 0.0831. The Morgan fingerprint density at radius 1 is 1.29 bits per heavy atom. The largest absolute Gasteiger partial charge is 0.504 e. The standard InChI is InChI=1S/C9H8N2O3/c10-8-4-7(14-11-8)5-2-1-3-6(12)9(5)13/h1-4,12-13H,(H2,10,11). The normalized spacial score (nSPS) is 10.3. The van der Waals surface area contributed by atoms with E-state index in [1.807, 2.05) is 0 Å². The van der Waals surface area contributed by atoms with Crippen LogP contribution in [0.4, 0.5) is 5.82 Å². The number of nitrogens with zero attached hydrogens (tertiary/aromatic N) is 1. The van der Waals surface area contributed by atoms with E-state index in [4.69, 9.17) is 10.3 Å². The molecule has 0 radical (unpaired) electrons. The number of rotatable bonds is 1. The molecule has 0 amide bonds. The molecule has 0 aliphatic rings. The van der Waals surface area contributed by atoms with Gasteiger partial charge in [0.25, 0.3) is 0 Å². The molecule has 0 aliphatic heterocycles. The van der Waals surface area contributed by atoms with Gasteiger partial charge in [0.05, 0.1) is 5.56 Å². The summed E-state index contributed by atoms with van der Waals surface area (Å²) in [7, 11) is 0. The first-order valence-corrected chi connectivity index (χ1v) is 3.92. The fourth-order valence-corrected chi connectivity index (χ4v) is 1.15. The molecule has 0 unspecified atom stereocenters. The number of benzene rings is 1. The maximum absolute atomic E-state index is 9.48. The molecule has 1 heterocycles. The molecule has 0 bridgehead atoms. The number of anilines is 1. The number of nitrogen functional groups attached to an aromatic ring is 1. The highest BCUT2D eigenvalue weighted by molar-refractivity contribution is 5.70. The van der Waals surface area contributed by atoms with Crippen LogP contribution < -0.4 is 5.73 Å². The Bertz CT molecular complexity index is 465. The van der Waals surface area contributed by atoms with E-state index in [1.54, 1.807) is 12.1 Å². The van der Waals surface area contributed by atoms with Crippen LogP contribution in [0.1, 0.15) is 0 Å². The molecule has 0 saturated carbocycles. The van der Waals surface area contributed by atoms with Gasteiger partial charge in [0.15, 0.2) is 23.1 Å². The van der Waals surface area contributed by atoms with Gasteiger partial charge in [-0.15, -0.1) is 0 Å². The summed E-state index contributed by atoms with van der Waals surface area (Å²) < 4.78 is 4.84. The van der Waals surface area contributed by atoms with Crippen molar-refractivity contribution < 1.29 is 14.7 Å². The summed E-state index contributed by atoms with van der Waals surface area (Å²) in [5, 5.41) is 22.2. The van der Waals surface area contributed by atoms with Crippen LogP contribution in [0.25, 0.3) is 11.3 Å².